The molecule has 0 aromatic heterocycles. The van der Waals surface area contributed by atoms with E-state index >= 15 is 0 Å². The zero-order valence-electron chi connectivity index (χ0n) is 9.68. The second-order valence-electron chi connectivity index (χ2n) is 2.10. The van der Waals surface area contributed by atoms with Gasteiger partial charge in [0.15, 0.2) is 0 Å². The van der Waals surface area contributed by atoms with Crippen molar-refractivity contribution in [2.75, 3.05) is 13.0 Å². The average molecular weight is 234 g/mol. The zero-order valence-corrected chi connectivity index (χ0v) is 6.49. The lowest BCUT2D eigenvalue weighted by Gasteiger charge is -2.37. The lowest BCUT2D eigenvalue weighted by Crippen LogP contribution is -2.66. The summed E-state index contributed by atoms with van der Waals surface area (Å²) in [6, 6.07) is 0. The molecule has 0 bridgehead atoms. The van der Waals surface area contributed by atoms with Gasteiger partial charge in [-0.15, -0.1) is 12.4 Å². The van der Waals surface area contributed by atoms with Crippen LogP contribution in [-0.2, 0) is 0 Å². The Morgan fingerprint density at radius 2 is 1.23 bits per heavy atom. The van der Waals surface area contributed by atoms with E-state index in [1.165, 1.54) is 0 Å². The molecule has 0 aromatic rings. The second-order valence-corrected chi connectivity index (χ2v) is 2.10. The van der Waals surface area contributed by atoms with Gasteiger partial charge in [-0.25, -0.2) is 0 Å². The molecule has 1 saturated heterocycles. The Labute approximate surface area is 81.5 Å². The highest BCUT2D eigenvalue weighted by Gasteiger charge is 2.73. The standard InChI is InChI=1S/C5H5F6N.ClH/c6-3(7)1-12-2-4(8,9)5(3,10)11;/h12H,1-2H2;1H/i1D2,2D2;. The largest absolute Gasteiger partial charge is 0.374 e. The van der Waals surface area contributed by atoms with E-state index in [1.54, 1.807) is 0 Å². The van der Waals surface area contributed by atoms with Gasteiger partial charge in [0.2, 0.25) is 0 Å². The fourth-order valence-electron chi connectivity index (χ4n) is 0.542. The molecule has 0 unspecified atom stereocenters. The summed E-state index contributed by atoms with van der Waals surface area (Å²) >= 11 is 0. The Kier molecular flexibility index (Phi) is 1.76. The van der Waals surface area contributed by atoms with Crippen LogP contribution in [0.25, 0.3) is 0 Å². The maximum atomic E-state index is 12.8. The van der Waals surface area contributed by atoms with E-state index in [4.69, 9.17) is 5.48 Å². The lowest BCUT2D eigenvalue weighted by molar-refractivity contribution is -0.319. The van der Waals surface area contributed by atoms with Crippen molar-refractivity contribution >= 4 is 12.4 Å². The first-order chi connectivity index (χ1) is 6.71. The average Bonchev–Trinajstić information content (AvgIpc) is 1.98. The Morgan fingerprint density at radius 3 is 1.54 bits per heavy atom. The van der Waals surface area contributed by atoms with Crippen LogP contribution in [-0.4, -0.2) is 30.8 Å². The van der Waals surface area contributed by atoms with Crippen LogP contribution in [0.15, 0.2) is 0 Å². The van der Waals surface area contributed by atoms with Crippen molar-refractivity contribution in [3.05, 3.63) is 0 Å². The van der Waals surface area contributed by atoms with Gasteiger partial charge in [0.25, 0.3) is 0 Å². The molecule has 1 aliphatic heterocycles. The van der Waals surface area contributed by atoms with Crippen LogP contribution in [0.3, 0.4) is 0 Å². The maximum absolute atomic E-state index is 12.8. The van der Waals surface area contributed by atoms with Gasteiger partial charge in [-0.3, -0.25) is 0 Å². The molecule has 1 N–H and O–H groups in total. The van der Waals surface area contributed by atoms with Gasteiger partial charge in [-0.2, -0.15) is 26.3 Å². The quantitative estimate of drug-likeness (QED) is 0.631. The van der Waals surface area contributed by atoms with Crippen molar-refractivity contribution in [3.63, 3.8) is 0 Å². The highest BCUT2D eigenvalue weighted by atomic mass is 35.5. The van der Waals surface area contributed by atoms with Crippen molar-refractivity contribution < 1.29 is 31.8 Å². The molecular weight excluding hydrogens is 224 g/mol. The lowest BCUT2D eigenvalue weighted by atomic mass is 10.0. The summed E-state index contributed by atoms with van der Waals surface area (Å²) in [5.74, 6) is -17.6. The normalized spacial score (nSPS) is 41.4. The molecule has 8 heteroatoms. The number of hydrogen-bond donors (Lipinski definition) is 1. The summed E-state index contributed by atoms with van der Waals surface area (Å²) in [5, 5.41) is 0.555. The van der Waals surface area contributed by atoms with Gasteiger partial charge in [0, 0.05) is 5.48 Å². The van der Waals surface area contributed by atoms with Gasteiger partial charge in [0.05, 0.1) is 13.0 Å². The fraction of sp³-hybridized carbons (Fsp3) is 1.00. The van der Waals surface area contributed by atoms with Gasteiger partial charge in [-0.1, -0.05) is 0 Å². The minimum atomic E-state index is -6.14. The van der Waals surface area contributed by atoms with E-state index < -0.39 is 30.8 Å². The molecule has 0 spiro atoms. The minimum absolute atomic E-state index is 0. The van der Waals surface area contributed by atoms with Gasteiger partial charge in [-0.05, 0) is 0 Å². The molecule has 0 amide bonds. The molecule has 1 aliphatic rings. The smallest absolute Gasteiger partial charge is 0.305 e. The molecule has 13 heavy (non-hydrogen) atoms. The molecule has 0 atom stereocenters. The van der Waals surface area contributed by atoms with E-state index in [2.05, 4.69) is 0 Å². The van der Waals surface area contributed by atoms with Crippen LogP contribution in [0, 0.1) is 0 Å². The molecule has 0 aliphatic carbocycles. The highest BCUT2D eigenvalue weighted by Crippen LogP contribution is 2.46. The van der Waals surface area contributed by atoms with Crippen LogP contribution >= 0.6 is 12.4 Å². The monoisotopic (exact) mass is 233 g/mol. The Bertz CT molecular complexity index is 294. The van der Waals surface area contributed by atoms with Crippen molar-refractivity contribution in [1.29, 1.82) is 0 Å². The van der Waals surface area contributed by atoms with Crippen molar-refractivity contribution in [1.82, 2.24) is 5.32 Å². The van der Waals surface area contributed by atoms with Gasteiger partial charge < -0.3 is 5.32 Å². The summed E-state index contributed by atoms with van der Waals surface area (Å²) in [5.41, 5.74) is 0. The number of nitrogens with one attached hydrogen (secondary N) is 1. The molecule has 0 saturated carbocycles. The van der Waals surface area contributed by atoms with E-state index in [0.29, 0.717) is 5.32 Å². The summed E-state index contributed by atoms with van der Waals surface area (Å²) in [6.45, 7) is -8.58. The molecular formula is C5H6ClF6N. The highest BCUT2D eigenvalue weighted by molar-refractivity contribution is 5.85. The molecule has 1 fully saturated rings. The van der Waals surface area contributed by atoms with E-state index in [1.807, 2.05) is 0 Å². The molecule has 1 rings (SSSR count). The third-order valence-electron chi connectivity index (χ3n) is 1.23. The van der Waals surface area contributed by atoms with Crippen LogP contribution in [0.1, 0.15) is 5.48 Å². The van der Waals surface area contributed by atoms with Crippen molar-refractivity contribution in [2.24, 2.45) is 0 Å². The number of rotatable bonds is 0. The summed E-state index contributed by atoms with van der Waals surface area (Å²) in [4.78, 5) is 0. The molecule has 0 aromatic carbocycles. The number of hydrogen-bond acceptors (Lipinski definition) is 1. The first kappa shape index (κ1) is 7.17. The van der Waals surface area contributed by atoms with Crippen molar-refractivity contribution in [2.45, 2.75) is 17.8 Å². The first-order valence-corrected chi connectivity index (χ1v) is 2.63. The van der Waals surface area contributed by atoms with E-state index in [9.17, 15) is 26.3 Å². The SMILES string of the molecule is Cl.[2H]C1([2H])NC([2H])([2H])C(F)(F)C(F)(F)C1(F)F. The van der Waals surface area contributed by atoms with Crippen LogP contribution in [0.2, 0.25) is 0 Å². The van der Waals surface area contributed by atoms with Crippen LogP contribution < -0.4 is 5.32 Å². The molecule has 1 nitrogen and oxygen atoms in total. The zero-order chi connectivity index (χ0) is 13.2. The minimum Gasteiger partial charge on any atom is -0.305 e. The fourth-order valence-corrected chi connectivity index (χ4v) is 0.542. The topological polar surface area (TPSA) is 12.0 Å². The Morgan fingerprint density at radius 1 is 0.923 bits per heavy atom. The van der Waals surface area contributed by atoms with E-state index in [-0.39, 0.29) is 12.4 Å². The Hall–Kier alpha value is -0.170. The molecule has 80 valence electrons. The van der Waals surface area contributed by atoms with Crippen molar-refractivity contribution in [3.8, 4) is 0 Å². The number of halogens is 7. The third kappa shape index (κ3) is 1.71. The predicted molar refractivity (Wildman–Crippen MR) is 35.0 cm³/mol. The third-order valence-corrected chi connectivity index (χ3v) is 1.23. The predicted octanol–water partition coefficient (Wildman–Crippen LogP) is 1.92. The van der Waals surface area contributed by atoms with E-state index in [0.717, 1.165) is 0 Å². The number of piperidine rings is 1. The van der Waals surface area contributed by atoms with Gasteiger partial charge in [0.1, 0.15) is 0 Å². The second kappa shape index (κ2) is 3.20. The molecule has 1 heterocycles. The summed E-state index contributed by atoms with van der Waals surface area (Å²) in [6.07, 6.45) is 0. The Balaban J connectivity index is 0.00000256. The van der Waals surface area contributed by atoms with Crippen LogP contribution in [0.5, 0.6) is 0 Å². The summed E-state index contributed by atoms with van der Waals surface area (Å²) in [7, 11) is 0. The summed E-state index contributed by atoms with van der Waals surface area (Å²) < 4.78 is 102. The van der Waals surface area contributed by atoms with Crippen LogP contribution in [0.4, 0.5) is 26.3 Å². The number of alkyl halides is 6. The first-order valence-electron chi connectivity index (χ1n) is 4.63. The van der Waals surface area contributed by atoms with Gasteiger partial charge >= 0.3 is 17.8 Å². The molecule has 0 radical (unpaired) electrons. The maximum Gasteiger partial charge on any atom is 0.374 e.